The zero-order chi connectivity index (χ0) is 17.6. The minimum atomic E-state index is 0. The molecule has 1 atom stereocenters. The van der Waals surface area contributed by atoms with Crippen LogP contribution >= 0.6 is 0 Å². The van der Waals surface area contributed by atoms with Crippen molar-refractivity contribution >= 4 is 0 Å². The average Bonchev–Trinajstić information content (AvgIpc) is 2.62. The Labute approximate surface area is 160 Å². The number of nitrogens with zero attached hydrogens (tertiary/aromatic N) is 1. The molecule has 0 amide bonds. The van der Waals surface area contributed by atoms with Crippen LogP contribution in [0, 0.1) is 0 Å². The van der Waals surface area contributed by atoms with Crippen molar-refractivity contribution in [3.8, 4) is 0 Å². The number of hydrogen-bond acceptors (Lipinski definition) is 0. The van der Waals surface area contributed by atoms with E-state index in [4.69, 9.17) is 0 Å². The number of rotatable bonds is 8. The van der Waals surface area contributed by atoms with Crippen LogP contribution in [0.15, 0.2) is 67.3 Å². The van der Waals surface area contributed by atoms with Gasteiger partial charge in [0.15, 0.2) is 0 Å². The smallest absolute Gasteiger partial charge is 0.133 e. The Bertz CT molecular complexity index is 627. The van der Waals surface area contributed by atoms with Crippen LogP contribution in [0.25, 0.3) is 0 Å². The summed E-state index contributed by atoms with van der Waals surface area (Å²) >= 11 is 0. The summed E-state index contributed by atoms with van der Waals surface area (Å²) in [5, 5.41) is 0. The molecule has 0 N–H and O–H groups in total. The van der Waals surface area contributed by atoms with Crippen molar-refractivity contribution in [2.24, 2.45) is 0 Å². The highest BCUT2D eigenvalue weighted by atomic mass is 35.5. The van der Waals surface area contributed by atoms with Crippen LogP contribution in [0.1, 0.15) is 56.3 Å². The first-order valence-electron chi connectivity index (χ1n) is 9.18. The molecule has 1 nitrogen and oxygen atoms in total. The van der Waals surface area contributed by atoms with Gasteiger partial charge in [0.25, 0.3) is 0 Å². The molecular formula is C23H32ClN. The summed E-state index contributed by atoms with van der Waals surface area (Å²) in [6, 6.07) is 20.3. The predicted molar refractivity (Wildman–Crippen MR) is 105 cm³/mol. The Morgan fingerprint density at radius 3 is 1.88 bits per heavy atom. The van der Waals surface area contributed by atoms with Crippen LogP contribution in [0.2, 0.25) is 0 Å². The van der Waals surface area contributed by atoms with E-state index in [2.05, 4.69) is 94.9 Å². The van der Waals surface area contributed by atoms with Gasteiger partial charge in [-0.15, -0.1) is 0 Å². The van der Waals surface area contributed by atoms with Crippen molar-refractivity contribution in [3.63, 3.8) is 0 Å². The van der Waals surface area contributed by atoms with Gasteiger partial charge in [0.1, 0.15) is 12.6 Å². The van der Waals surface area contributed by atoms with Crippen LogP contribution < -0.4 is 12.4 Å². The second kappa shape index (κ2) is 9.79. The first-order chi connectivity index (χ1) is 11.6. The van der Waals surface area contributed by atoms with Gasteiger partial charge < -0.3 is 16.9 Å². The molecule has 0 bridgehead atoms. The molecule has 1 unspecified atom stereocenters. The molecular weight excluding hydrogens is 326 g/mol. The lowest BCUT2D eigenvalue weighted by Crippen LogP contribution is -3.00. The number of quaternary nitrogens is 1. The molecule has 0 radical (unpaired) electrons. The highest BCUT2D eigenvalue weighted by Crippen LogP contribution is 2.32. The van der Waals surface area contributed by atoms with E-state index >= 15 is 0 Å². The second-order valence-electron chi connectivity index (χ2n) is 7.00. The van der Waals surface area contributed by atoms with Gasteiger partial charge in [-0.1, -0.05) is 75.0 Å². The molecule has 2 rings (SSSR count). The Hall–Kier alpha value is -1.57. The molecule has 0 aromatic heterocycles. The van der Waals surface area contributed by atoms with E-state index in [9.17, 15) is 0 Å². The van der Waals surface area contributed by atoms with E-state index in [0.29, 0.717) is 12.0 Å². The van der Waals surface area contributed by atoms with Crippen molar-refractivity contribution in [1.82, 2.24) is 0 Å². The molecule has 0 spiro atoms. The van der Waals surface area contributed by atoms with Crippen LogP contribution in [0.5, 0.6) is 0 Å². The summed E-state index contributed by atoms with van der Waals surface area (Å²) in [5.74, 6) is 0.584. The summed E-state index contributed by atoms with van der Waals surface area (Å²) < 4.78 is 1.01. The monoisotopic (exact) mass is 357 g/mol. The number of hydrogen-bond donors (Lipinski definition) is 0. The number of benzene rings is 2. The Balaban J connectivity index is 0.00000312. The van der Waals surface area contributed by atoms with Crippen molar-refractivity contribution < 1.29 is 16.9 Å². The maximum atomic E-state index is 4.16. The zero-order valence-corrected chi connectivity index (χ0v) is 16.8. The molecule has 2 aromatic rings. The minimum absolute atomic E-state index is 0. The molecule has 2 aromatic carbocycles. The van der Waals surface area contributed by atoms with Gasteiger partial charge in [0.2, 0.25) is 0 Å². The summed E-state index contributed by atoms with van der Waals surface area (Å²) in [5.41, 5.74) is 4.18. The second-order valence-corrected chi connectivity index (χ2v) is 7.00. The van der Waals surface area contributed by atoms with E-state index in [1.165, 1.54) is 16.7 Å². The number of halogens is 1. The molecule has 0 saturated carbocycles. The predicted octanol–water partition coefficient (Wildman–Crippen LogP) is 3.10. The zero-order valence-electron chi connectivity index (χ0n) is 16.1. The highest BCUT2D eigenvalue weighted by molar-refractivity contribution is 5.25. The topological polar surface area (TPSA) is 0 Å². The molecule has 0 saturated heterocycles. The van der Waals surface area contributed by atoms with Gasteiger partial charge >= 0.3 is 0 Å². The van der Waals surface area contributed by atoms with Crippen molar-refractivity contribution in [2.75, 3.05) is 13.1 Å². The van der Waals surface area contributed by atoms with Gasteiger partial charge in [0.05, 0.1) is 13.1 Å². The fraction of sp³-hybridized carbons (Fsp3) is 0.391. The molecule has 25 heavy (non-hydrogen) atoms. The lowest BCUT2D eigenvalue weighted by molar-refractivity contribution is -0.960. The van der Waals surface area contributed by atoms with Gasteiger partial charge in [-0.3, -0.25) is 0 Å². The van der Waals surface area contributed by atoms with E-state index in [0.717, 1.165) is 24.1 Å². The molecule has 0 aliphatic rings. The fourth-order valence-electron chi connectivity index (χ4n) is 3.64. The lowest BCUT2D eigenvalue weighted by Gasteiger charge is -2.43. The standard InChI is InChI=1S/C23H32N.ClH/c1-6-23(22-12-10-9-11-13-22)24(7-2,8-3)18-20-14-16-21(17-15-20)19(4)5;/h6,9-17,19,23H,1,7-8,18H2,2-5H3;1H/q+1;/p-1. The molecule has 136 valence electrons. The van der Waals surface area contributed by atoms with E-state index < -0.39 is 0 Å². The summed E-state index contributed by atoms with van der Waals surface area (Å²) in [7, 11) is 0. The van der Waals surface area contributed by atoms with E-state index in [1.807, 2.05) is 0 Å². The largest absolute Gasteiger partial charge is 1.00 e. The third-order valence-electron chi connectivity index (χ3n) is 5.36. The van der Waals surface area contributed by atoms with Crippen molar-refractivity contribution in [1.29, 1.82) is 0 Å². The highest BCUT2D eigenvalue weighted by Gasteiger charge is 2.33. The van der Waals surface area contributed by atoms with Crippen LogP contribution in [-0.2, 0) is 6.54 Å². The van der Waals surface area contributed by atoms with Crippen LogP contribution in [-0.4, -0.2) is 17.6 Å². The maximum absolute atomic E-state index is 4.16. The molecule has 0 aliphatic carbocycles. The first kappa shape index (κ1) is 21.5. The van der Waals surface area contributed by atoms with Crippen molar-refractivity contribution in [3.05, 3.63) is 83.9 Å². The average molecular weight is 358 g/mol. The molecule has 2 heteroatoms. The summed E-state index contributed by atoms with van der Waals surface area (Å²) in [4.78, 5) is 0. The van der Waals surface area contributed by atoms with E-state index in [-0.39, 0.29) is 12.4 Å². The third-order valence-corrected chi connectivity index (χ3v) is 5.36. The maximum Gasteiger partial charge on any atom is 0.133 e. The van der Waals surface area contributed by atoms with Gasteiger partial charge in [0, 0.05) is 11.1 Å². The third kappa shape index (κ3) is 4.96. The first-order valence-corrected chi connectivity index (χ1v) is 9.18. The summed E-state index contributed by atoms with van der Waals surface area (Å²) in [6.45, 7) is 16.5. The Morgan fingerprint density at radius 1 is 0.880 bits per heavy atom. The quantitative estimate of drug-likeness (QED) is 0.503. The van der Waals surface area contributed by atoms with Gasteiger partial charge in [-0.2, -0.15) is 0 Å². The minimum Gasteiger partial charge on any atom is -1.00 e. The summed E-state index contributed by atoms with van der Waals surface area (Å²) in [6.07, 6.45) is 2.13. The Kier molecular flexibility index (Phi) is 8.41. The number of likely N-dealkylation sites (N-methyl/N-ethyl adjacent to an activating group) is 1. The lowest BCUT2D eigenvalue weighted by atomic mass is 9.98. The molecule has 0 aliphatic heterocycles. The SMILES string of the molecule is C=CC(c1ccccc1)[N+](CC)(CC)Cc1ccc(C(C)C)cc1.[Cl-]. The van der Waals surface area contributed by atoms with Gasteiger partial charge in [-0.25, -0.2) is 0 Å². The normalized spacial score (nSPS) is 12.5. The molecule has 0 fully saturated rings. The van der Waals surface area contributed by atoms with Crippen LogP contribution in [0.4, 0.5) is 0 Å². The van der Waals surface area contributed by atoms with Gasteiger partial charge in [-0.05, 0) is 31.4 Å². The van der Waals surface area contributed by atoms with Crippen LogP contribution in [0.3, 0.4) is 0 Å². The van der Waals surface area contributed by atoms with Crippen molar-refractivity contribution in [2.45, 2.75) is 46.2 Å². The van der Waals surface area contributed by atoms with E-state index in [1.54, 1.807) is 0 Å². The molecule has 0 heterocycles. The Morgan fingerprint density at radius 2 is 1.44 bits per heavy atom. The fourth-order valence-corrected chi connectivity index (χ4v) is 3.64.